The van der Waals surface area contributed by atoms with E-state index in [-0.39, 0.29) is 12.8 Å². The molecule has 0 saturated heterocycles. The van der Waals surface area contributed by atoms with Gasteiger partial charge in [-0.1, -0.05) is 0 Å². The number of ether oxygens (including phenoxy) is 3. The molecule has 1 aliphatic heterocycles. The van der Waals surface area contributed by atoms with Gasteiger partial charge in [0, 0.05) is 30.9 Å². The van der Waals surface area contributed by atoms with Gasteiger partial charge in [-0.15, -0.1) is 0 Å². The number of urea groups is 1. The number of benzene rings is 1. The summed E-state index contributed by atoms with van der Waals surface area (Å²) in [4.78, 5) is 11.8. The Balaban J connectivity index is 1.35. The Labute approximate surface area is 139 Å². The molecule has 2 amide bonds. The highest BCUT2D eigenvalue weighted by Gasteiger charge is 2.13. The molecule has 0 atom stereocenters. The zero-order valence-electron chi connectivity index (χ0n) is 13.7. The maximum atomic E-state index is 11.8. The topological polar surface area (TPSA) is 86.6 Å². The van der Waals surface area contributed by atoms with E-state index >= 15 is 0 Å². The summed E-state index contributed by atoms with van der Waals surface area (Å²) in [5.41, 5.74) is 2.02. The summed E-state index contributed by atoms with van der Waals surface area (Å²) in [5.74, 6) is 2.06. The third-order valence-corrected chi connectivity index (χ3v) is 3.78. The summed E-state index contributed by atoms with van der Waals surface area (Å²) in [5, 5.41) is 9.67. The second-order valence-electron chi connectivity index (χ2n) is 5.35. The van der Waals surface area contributed by atoms with Crippen LogP contribution in [0.3, 0.4) is 0 Å². The van der Waals surface area contributed by atoms with Crippen LogP contribution in [0.5, 0.6) is 17.2 Å². The first-order chi connectivity index (χ1) is 11.6. The first kappa shape index (κ1) is 16.0. The van der Waals surface area contributed by atoms with Crippen molar-refractivity contribution in [1.29, 1.82) is 0 Å². The number of aryl methyl sites for hydroxylation is 1. The molecule has 0 saturated carbocycles. The zero-order valence-corrected chi connectivity index (χ0v) is 13.7. The quantitative estimate of drug-likeness (QED) is 0.780. The van der Waals surface area contributed by atoms with Crippen molar-refractivity contribution in [2.45, 2.75) is 13.5 Å². The number of hydrogen-bond acceptors (Lipinski definition) is 5. The van der Waals surface area contributed by atoms with E-state index in [1.807, 2.05) is 14.0 Å². The molecule has 1 aromatic carbocycles. The van der Waals surface area contributed by atoms with E-state index in [1.54, 1.807) is 29.1 Å². The van der Waals surface area contributed by atoms with Crippen LogP contribution >= 0.6 is 0 Å². The number of aromatic nitrogens is 2. The first-order valence-corrected chi connectivity index (χ1v) is 7.65. The highest BCUT2D eigenvalue weighted by Crippen LogP contribution is 2.34. The molecule has 8 nitrogen and oxygen atoms in total. The number of amides is 2. The van der Waals surface area contributed by atoms with Crippen molar-refractivity contribution in [3.05, 3.63) is 35.7 Å². The van der Waals surface area contributed by atoms with E-state index in [4.69, 9.17) is 14.2 Å². The molecule has 2 aromatic rings. The average Bonchev–Trinajstić information content (AvgIpc) is 3.17. The molecule has 24 heavy (non-hydrogen) atoms. The monoisotopic (exact) mass is 332 g/mol. The fourth-order valence-corrected chi connectivity index (χ4v) is 2.26. The van der Waals surface area contributed by atoms with Gasteiger partial charge in [0.15, 0.2) is 11.5 Å². The van der Waals surface area contributed by atoms with Gasteiger partial charge < -0.3 is 24.8 Å². The minimum Gasteiger partial charge on any atom is -0.492 e. The molecule has 0 radical (unpaired) electrons. The molecule has 128 valence electrons. The molecule has 2 heterocycles. The van der Waals surface area contributed by atoms with Crippen LogP contribution < -0.4 is 24.8 Å². The van der Waals surface area contributed by atoms with Crippen LogP contribution in [0.15, 0.2) is 24.4 Å². The van der Waals surface area contributed by atoms with Crippen LogP contribution in [0, 0.1) is 6.92 Å². The molecule has 2 N–H and O–H groups in total. The van der Waals surface area contributed by atoms with Crippen molar-refractivity contribution in [2.75, 3.05) is 19.9 Å². The van der Waals surface area contributed by atoms with Crippen molar-refractivity contribution in [1.82, 2.24) is 20.4 Å². The van der Waals surface area contributed by atoms with Gasteiger partial charge in [0.25, 0.3) is 0 Å². The number of fused-ring (bicyclic) bond motifs is 1. The second kappa shape index (κ2) is 7.12. The lowest BCUT2D eigenvalue weighted by Crippen LogP contribution is -2.37. The molecule has 0 fully saturated rings. The smallest absolute Gasteiger partial charge is 0.315 e. The number of carbonyl (C=O) groups excluding carboxylic acids is 1. The second-order valence-corrected chi connectivity index (χ2v) is 5.35. The highest BCUT2D eigenvalue weighted by molar-refractivity contribution is 5.73. The van der Waals surface area contributed by atoms with Crippen molar-refractivity contribution in [3.63, 3.8) is 0 Å². The van der Waals surface area contributed by atoms with Gasteiger partial charge in [0.2, 0.25) is 6.79 Å². The Morgan fingerprint density at radius 1 is 1.33 bits per heavy atom. The van der Waals surface area contributed by atoms with Crippen LogP contribution in [0.1, 0.15) is 11.3 Å². The fraction of sp³-hybridized carbons (Fsp3) is 0.375. The van der Waals surface area contributed by atoms with E-state index in [2.05, 4.69) is 15.7 Å². The average molecular weight is 332 g/mol. The molecule has 0 unspecified atom stereocenters. The van der Waals surface area contributed by atoms with Gasteiger partial charge in [-0.3, -0.25) is 4.68 Å². The van der Waals surface area contributed by atoms with Gasteiger partial charge in [0.05, 0.1) is 12.7 Å². The van der Waals surface area contributed by atoms with Gasteiger partial charge in [-0.25, -0.2) is 4.79 Å². The maximum absolute atomic E-state index is 11.8. The number of hydrogen-bond donors (Lipinski definition) is 2. The minimum atomic E-state index is -0.243. The zero-order chi connectivity index (χ0) is 16.9. The predicted molar refractivity (Wildman–Crippen MR) is 86.2 cm³/mol. The fourth-order valence-electron chi connectivity index (χ4n) is 2.26. The van der Waals surface area contributed by atoms with E-state index in [0.717, 1.165) is 11.3 Å². The van der Waals surface area contributed by atoms with E-state index < -0.39 is 0 Å². The lowest BCUT2D eigenvalue weighted by atomic mass is 10.2. The number of nitrogens with zero attached hydrogens (tertiary/aromatic N) is 2. The minimum absolute atomic E-state index is 0.233. The summed E-state index contributed by atoms with van der Waals surface area (Å²) in [6.45, 7) is 3.39. The number of nitrogens with one attached hydrogen (secondary N) is 2. The lowest BCUT2D eigenvalue weighted by molar-refractivity contribution is 0.173. The van der Waals surface area contributed by atoms with Crippen LogP contribution in [0.25, 0.3) is 0 Å². The van der Waals surface area contributed by atoms with E-state index in [1.165, 1.54) is 0 Å². The highest BCUT2D eigenvalue weighted by atomic mass is 16.7. The number of rotatable bonds is 6. The van der Waals surface area contributed by atoms with Gasteiger partial charge >= 0.3 is 6.03 Å². The van der Waals surface area contributed by atoms with E-state index in [0.29, 0.717) is 36.9 Å². The Bertz CT molecular complexity index is 729. The normalized spacial score (nSPS) is 12.1. The van der Waals surface area contributed by atoms with Crippen molar-refractivity contribution < 1.29 is 19.0 Å². The SMILES string of the molecule is Cc1c(CNC(=O)NCCOc2ccc3c(c2)OCO3)cnn1C. The molecule has 1 aliphatic rings. The Kier molecular flexibility index (Phi) is 4.74. The van der Waals surface area contributed by atoms with Gasteiger partial charge in [-0.2, -0.15) is 5.10 Å². The molecule has 1 aromatic heterocycles. The van der Waals surface area contributed by atoms with Crippen LogP contribution in [0.4, 0.5) is 4.79 Å². The Hall–Kier alpha value is -2.90. The largest absolute Gasteiger partial charge is 0.492 e. The Morgan fingerprint density at radius 3 is 2.96 bits per heavy atom. The Morgan fingerprint density at radius 2 is 2.17 bits per heavy atom. The first-order valence-electron chi connectivity index (χ1n) is 7.65. The standard InChI is InChI=1S/C16H20N4O4/c1-11-12(9-19-20(11)2)8-18-16(21)17-5-6-22-13-3-4-14-15(7-13)24-10-23-14/h3-4,7,9H,5-6,8,10H2,1-2H3,(H2,17,18,21). The third kappa shape index (κ3) is 3.70. The summed E-state index contributed by atoms with van der Waals surface area (Å²) in [6, 6.07) is 5.13. The molecule has 3 rings (SSSR count). The molecule has 0 aliphatic carbocycles. The summed E-state index contributed by atoms with van der Waals surface area (Å²) in [7, 11) is 1.87. The van der Waals surface area contributed by atoms with Crippen LogP contribution in [-0.2, 0) is 13.6 Å². The van der Waals surface area contributed by atoms with Crippen molar-refractivity contribution in [2.24, 2.45) is 7.05 Å². The molecule has 0 spiro atoms. The molecule has 8 heteroatoms. The third-order valence-electron chi connectivity index (χ3n) is 3.78. The van der Waals surface area contributed by atoms with Crippen LogP contribution in [0.2, 0.25) is 0 Å². The number of carbonyl (C=O) groups is 1. The van der Waals surface area contributed by atoms with E-state index in [9.17, 15) is 4.79 Å². The van der Waals surface area contributed by atoms with Crippen LogP contribution in [-0.4, -0.2) is 35.8 Å². The molecular formula is C16H20N4O4. The predicted octanol–water partition coefficient (Wildman–Crippen LogP) is 1.34. The van der Waals surface area contributed by atoms with Gasteiger partial charge in [-0.05, 0) is 19.1 Å². The van der Waals surface area contributed by atoms with Crippen molar-refractivity contribution in [3.8, 4) is 17.2 Å². The summed E-state index contributed by atoms with van der Waals surface area (Å²) >= 11 is 0. The lowest BCUT2D eigenvalue weighted by Gasteiger charge is -2.09. The molecular weight excluding hydrogens is 312 g/mol. The van der Waals surface area contributed by atoms with Gasteiger partial charge in [0.1, 0.15) is 12.4 Å². The molecule has 0 bridgehead atoms. The maximum Gasteiger partial charge on any atom is 0.315 e. The summed E-state index contributed by atoms with van der Waals surface area (Å²) < 4.78 is 17.9. The van der Waals surface area contributed by atoms with Crippen molar-refractivity contribution >= 4 is 6.03 Å². The summed E-state index contributed by atoms with van der Waals surface area (Å²) in [6.07, 6.45) is 1.75.